The Morgan fingerprint density at radius 3 is 2.47 bits per heavy atom. The van der Waals surface area contributed by atoms with Gasteiger partial charge in [-0.15, -0.1) is 0 Å². The monoisotopic (exact) mass is 477 g/mol. The van der Waals surface area contributed by atoms with Crippen molar-refractivity contribution >= 4 is 15.5 Å². The Bertz CT molecular complexity index is 1480. The molecule has 174 valence electrons. The molecule has 1 fully saturated rings. The van der Waals surface area contributed by atoms with Gasteiger partial charge < -0.3 is 4.90 Å². The van der Waals surface area contributed by atoms with Gasteiger partial charge in [0.05, 0.1) is 42.0 Å². The van der Waals surface area contributed by atoms with E-state index in [2.05, 4.69) is 20.2 Å². The van der Waals surface area contributed by atoms with E-state index in [-0.39, 0.29) is 16.9 Å². The molecule has 0 spiro atoms. The highest BCUT2D eigenvalue weighted by molar-refractivity contribution is 7.91. The fourth-order valence-electron chi connectivity index (χ4n) is 3.86. The molecule has 34 heavy (non-hydrogen) atoms. The molecule has 0 N–H and O–H groups in total. The fourth-order valence-corrected chi connectivity index (χ4v) is 5.06. The van der Waals surface area contributed by atoms with Crippen molar-refractivity contribution in [2.24, 2.45) is 7.05 Å². The summed E-state index contributed by atoms with van der Waals surface area (Å²) in [6.07, 6.45) is 8.95. The summed E-state index contributed by atoms with van der Waals surface area (Å²) in [5.74, 6) is 0.851. The van der Waals surface area contributed by atoms with E-state index in [1.54, 1.807) is 34.2 Å². The Balaban J connectivity index is 1.35. The van der Waals surface area contributed by atoms with E-state index in [9.17, 15) is 13.2 Å². The molecule has 0 aliphatic carbocycles. The molecule has 0 unspecified atom stereocenters. The smallest absolute Gasteiger partial charge is 0.203 e. The van der Waals surface area contributed by atoms with E-state index < -0.39 is 9.84 Å². The molecule has 1 aromatic carbocycles. The summed E-state index contributed by atoms with van der Waals surface area (Å²) in [6, 6.07) is 9.21. The van der Waals surface area contributed by atoms with Gasteiger partial charge in [0.15, 0.2) is 15.7 Å². The number of sulfone groups is 1. The van der Waals surface area contributed by atoms with E-state index in [0.29, 0.717) is 31.0 Å². The largest absolute Gasteiger partial charge is 0.367 e. The highest BCUT2D eigenvalue weighted by atomic mass is 32.2. The first-order valence-electron chi connectivity index (χ1n) is 10.8. The zero-order valence-electron chi connectivity index (χ0n) is 18.6. The van der Waals surface area contributed by atoms with Crippen LogP contribution in [0.25, 0.3) is 17.1 Å². The first-order chi connectivity index (χ1) is 16.4. The zero-order valence-corrected chi connectivity index (χ0v) is 19.4. The van der Waals surface area contributed by atoms with Crippen LogP contribution in [0.1, 0.15) is 11.3 Å². The van der Waals surface area contributed by atoms with Crippen LogP contribution < -0.4 is 10.3 Å². The average molecular weight is 478 g/mol. The summed E-state index contributed by atoms with van der Waals surface area (Å²) in [4.78, 5) is 23.4. The lowest BCUT2D eigenvalue weighted by molar-refractivity contribution is 0.586. The topological polar surface area (TPSA) is 116 Å². The quantitative estimate of drug-likeness (QED) is 0.422. The van der Waals surface area contributed by atoms with Gasteiger partial charge in [0.2, 0.25) is 5.43 Å². The molecule has 0 amide bonds. The maximum absolute atomic E-state index is 12.4. The molecule has 1 aliphatic rings. The van der Waals surface area contributed by atoms with Gasteiger partial charge in [0.1, 0.15) is 11.4 Å². The Morgan fingerprint density at radius 2 is 1.76 bits per heavy atom. The minimum atomic E-state index is -2.94. The van der Waals surface area contributed by atoms with Crippen LogP contribution >= 0.6 is 0 Å². The number of hydrogen-bond acceptors (Lipinski definition) is 8. The lowest BCUT2D eigenvalue weighted by Crippen LogP contribution is -2.40. The van der Waals surface area contributed by atoms with Crippen molar-refractivity contribution in [1.29, 1.82) is 0 Å². The van der Waals surface area contributed by atoms with Crippen molar-refractivity contribution in [2.45, 2.75) is 6.42 Å². The lowest BCUT2D eigenvalue weighted by atomic mass is 10.1. The summed E-state index contributed by atoms with van der Waals surface area (Å²) in [6.45, 7) is 0.891. The Morgan fingerprint density at radius 1 is 1.00 bits per heavy atom. The number of benzene rings is 1. The van der Waals surface area contributed by atoms with Gasteiger partial charge in [-0.05, 0) is 11.6 Å². The van der Waals surface area contributed by atoms with E-state index >= 15 is 0 Å². The number of aromatic nitrogens is 6. The molecular weight excluding hydrogens is 454 g/mol. The summed E-state index contributed by atoms with van der Waals surface area (Å²) >= 11 is 0. The van der Waals surface area contributed by atoms with Crippen LogP contribution in [0, 0.1) is 0 Å². The van der Waals surface area contributed by atoms with E-state index in [4.69, 9.17) is 0 Å². The maximum atomic E-state index is 12.4. The Hall–Kier alpha value is -3.86. The molecule has 1 aliphatic heterocycles. The highest BCUT2D eigenvalue weighted by Crippen LogP contribution is 2.21. The molecule has 4 heterocycles. The minimum absolute atomic E-state index is 0.130. The Kier molecular flexibility index (Phi) is 5.70. The molecule has 0 radical (unpaired) electrons. The first kappa shape index (κ1) is 22.0. The zero-order chi connectivity index (χ0) is 23.7. The molecular formula is C23H23N7O3S. The molecule has 11 heteroatoms. The van der Waals surface area contributed by atoms with Gasteiger partial charge in [0, 0.05) is 44.4 Å². The summed E-state index contributed by atoms with van der Waals surface area (Å²) in [7, 11) is -1.12. The second-order valence-electron chi connectivity index (χ2n) is 8.22. The van der Waals surface area contributed by atoms with Gasteiger partial charge in [-0.2, -0.15) is 10.2 Å². The third kappa shape index (κ3) is 4.74. The predicted molar refractivity (Wildman–Crippen MR) is 128 cm³/mol. The van der Waals surface area contributed by atoms with Crippen molar-refractivity contribution in [3.63, 3.8) is 0 Å². The van der Waals surface area contributed by atoms with Gasteiger partial charge in [-0.25, -0.2) is 23.1 Å². The highest BCUT2D eigenvalue weighted by Gasteiger charge is 2.22. The van der Waals surface area contributed by atoms with Crippen LogP contribution in [0.2, 0.25) is 0 Å². The second kappa shape index (κ2) is 8.82. The Labute approximate surface area is 196 Å². The van der Waals surface area contributed by atoms with Crippen molar-refractivity contribution in [3.8, 4) is 17.1 Å². The van der Waals surface area contributed by atoms with Crippen LogP contribution in [0.3, 0.4) is 0 Å². The van der Waals surface area contributed by atoms with Crippen molar-refractivity contribution < 1.29 is 8.42 Å². The number of anilines is 1. The van der Waals surface area contributed by atoms with Gasteiger partial charge in [-0.3, -0.25) is 9.48 Å². The summed E-state index contributed by atoms with van der Waals surface area (Å²) in [5.41, 5.74) is 3.62. The molecule has 0 atom stereocenters. The van der Waals surface area contributed by atoms with E-state index in [1.807, 2.05) is 42.4 Å². The molecule has 5 rings (SSSR count). The maximum Gasteiger partial charge on any atom is 0.203 e. The molecule has 1 saturated heterocycles. The van der Waals surface area contributed by atoms with Crippen LogP contribution in [0.4, 0.5) is 5.69 Å². The molecule has 0 saturated carbocycles. The second-order valence-corrected chi connectivity index (χ2v) is 10.5. The van der Waals surface area contributed by atoms with Gasteiger partial charge in [0.25, 0.3) is 0 Å². The third-order valence-electron chi connectivity index (χ3n) is 5.74. The SMILES string of the molecule is Cn1cc(-n2ccc(=O)c(Cc3cccc(-c4ncc(N5CCS(=O)(=O)CC5)cn4)c3)n2)cn1. The third-order valence-corrected chi connectivity index (χ3v) is 7.35. The molecule has 10 nitrogen and oxygen atoms in total. The van der Waals surface area contributed by atoms with E-state index in [1.165, 1.54) is 6.07 Å². The number of aryl methyl sites for hydroxylation is 1. The predicted octanol–water partition coefficient (Wildman–Crippen LogP) is 1.25. The van der Waals surface area contributed by atoms with Crippen molar-refractivity contribution in [1.82, 2.24) is 29.5 Å². The number of nitrogens with zero attached hydrogens (tertiary/aromatic N) is 7. The van der Waals surface area contributed by atoms with Crippen LogP contribution in [0.15, 0.2) is 66.1 Å². The first-order valence-corrected chi connectivity index (χ1v) is 12.6. The van der Waals surface area contributed by atoms with Crippen LogP contribution in [0.5, 0.6) is 0 Å². The molecule has 3 aromatic heterocycles. The standard InChI is InChI=1S/C23H23N7O3S/c1-28-16-20(15-26-28)30-6-5-22(31)21(27-30)12-17-3-2-4-18(11-17)23-24-13-19(14-25-23)29-7-9-34(32,33)10-8-29/h2-6,11,13-16H,7-10,12H2,1H3. The molecule has 4 aromatic rings. The fraction of sp³-hybridized carbons (Fsp3) is 0.261. The summed E-state index contributed by atoms with van der Waals surface area (Å²) in [5, 5.41) is 8.65. The normalized spacial score (nSPS) is 15.4. The van der Waals surface area contributed by atoms with Gasteiger partial charge >= 0.3 is 0 Å². The number of hydrogen-bond donors (Lipinski definition) is 0. The molecule has 0 bridgehead atoms. The average Bonchev–Trinajstić information content (AvgIpc) is 3.27. The van der Waals surface area contributed by atoms with Crippen LogP contribution in [-0.2, 0) is 23.3 Å². The van der Waals surface area contributed by atoms with Crippen LogP contribution in [-0.4, -0.2) is 62.5 Å². The van der Waals surface area contributed by atoms with Crippen molar-refractivity contribution in [2.75, 3.05) is 29.5 Å². The van der Waals surface area contributed by atoms with Crippen molar-refractivity contribution in [3.05, 3.63) is 82.8 Å². The number of rotatable bonds is 5. The summed E-state index contributed by atoms with van der Waals surface area (Å²) < 4.78 is 26.6. The van der Waals surface area contributed by atoms with E-state index in [0.717, 1.165) is 22.5 Å². The van der Waals surface area contributed by atoms with Gasteiger partial charge in [-0.1, -0.05) is 18.2 Å². The lowest BCUT2D eigenvalue weighted by Gasteiger charge is -2.28. The minimum Gasteiger partial charge on any atom is -0.367 e.